The minimum atomic E-state index is 0.563. The molecule has 0 aromatic heterocycles. The number of aliphatic imine (C=N–C) groups is 1. The van der Waals surface area contributed by atoms with Crippen LogP contribution in [0.2, 0.25) is 0 Å². The fourth-order valence-corrected chi connectivity index (χ4v) is 4.35. The molecule has 2 atom stereocenters. The quantitative estimate of drug-likeness (QED) is 0.606. The number of nitrogens with one attached hydrogen (secondary N) is 2. The van der Waals surface area contributed by atoms with Crippen LogP contribution in [-0.4, -0.2) is 74.2 Å². The Morgan fingerprint density at radius 1 is 1.09 bits per heavy atom. The normalized spacial score (nSPS) is 32.0. The van der Waals surface area contributed by atoms with Gasteiger partial charge in [0, 0.05) is 44.8 Å². The van der Waals surface area contributed by atoms with E-state index >= 15 is 0 Å². The molecular weight excluding hydrogens is 274 g/mol. The summed E-state index contributed by atoms with van der Waals surface area (Å²) in [4.78, 5) is 9.57. The van der Waals surface area contributed by atoms with Crippen molar-refractivity contribution >= 4 is 5.96 Å². The lowest BCUT2D eigenvalue weighted by Gasteiger charge is -2.25. The van der Waals surface area contributed by atoms with Crippen molar-refractivity contribution < 1.29 is 0 Å². The lowest BCUT2D eigenvalue weighted by atomic mass is 10.2. The highest BCUT2D eigenvalue weighted by atomic mass is 15.3. The lowest BCUT2D eigenvalue weighted by Crippen LogP contribution is -2.48. The average molecular weight is 307 g/mol. The Balaban J connectivity index is 1.41. The summed E-state index contributed by atoms with van der Waals surface area (Å²) in [6.45, 7) is 4.69. The predicted octanol–water partition coefficient (Wildman–Crippen LogP) is 1.26. The molecule has 3 aliphatic rings. The smallest absolute Gasteiger partial charge is 0.191 e. The molecule has 0 aromatic rings. The van der Waals surface area contributed by atoms with Crippen LogP contribution in [0.1, 0.15) is 44.9 Å². The first-order valence-electron chi connectivity index (χ1n) is 9.17. The second-order valence-corrected chi connectivity index (χ2v) is 7.29. The first-order chi connectivity index (χ1) is 10.8. The predicted molar refractivity (Wildman–Crippen MR) is 92.4 cm³/mol. The zero-order valence-electron chi connectivity index (χ0n) is 14.4. The molecule has 0 spiro atoms. The molecule has 0 bridgehead atoms. The molecule has 126 valence electrons. The summed E-state index contributed by atoms with van der Waals surface area (Å²) in [5, 5.41) is 7.17. The van der Waals surface area contributed by atoms with E-state index in [9.17, 15) is 0 Å². The molecule has 2 N–H and O–H groups in total. The summed E-state index contributed by atoms with van der Waals surface area (Å²) in [6, 6.07) is 2.08. The van der Waals surface area contributed by atoms with Crippen LogP contribution in [-0.2, 0) is 0 Å². The van der Waals surface area contributed by atoms with Crippen LogP contribution in [0.4, 0.5) is 0 Å². The van der Waals surface area contributed by atoms with Crippen molar-refractivity contribution in [2.75, 3.05) is 40.3 Å². The number of rotatable bonds is 4. The number of likely N-dealkylation sites (N-methyl/N-ethyl adjacent to an activating group) is 1. The lowest BCUT2D eigenvalue weighted by molar-refractivity contribution is 0.242. The van der Waals surface area contributed by atoms with Gasteiger partial charge in [-0.1, -0.05) is 12.8 Å². The molecule has 2 unspecified atom stereocenters. The fourth-order valence-electron chi connectivity index (χ4n) is 4.35. The Labute approximate surface area is 135 Å². The Kier molecular flexibility index (Phi) is 5.58. The second kappa shape index (κ2) is 7.64. The molecule has 2 heterocycles. The maximum Gasteiger partial charge on any atom is 0.191 e. The van der Waals surface area contributed by atoms with Gasteiger partial charge in [-0.25, -0.2) is 0 Å². The SMILES string of the molecule is CN=C(NCC1CCCN1C)NC1CCN(C2CCCC2)C1. The minimum Gasteiger partial charge on any atom is -0.355 e. The standard InChI is InChI=1S/C17H33N5/c1-18-17(19-12-16-8-5-10-21(16)2)20-14-9-11-22(13-14)15-6-3-4-7-15/h14-16H,3-13H2,1-2H3,(H2,18,19,20). The minimum absolute atomic E-state index is 0.563. The van der Waals surface area contributed by atoms with E-state index in [2.05, 4.69) is 32.5 Å². The maximum absolute atomic E-state index is 4.42. The monoisotopic (exact) mass is 307 g/mol. The summed E-state index contributed by atoms with van der Waals surface area (Å²) in [5.74, 6) is 0.985. The number of hydrogen-bond acceptors (Lipinski definition) is 3. The number of likely N-dealkylation sites (tertiary alicyclic amines) is 2. The molecule has 2 aliphatic heterocycles. The van der Waals surface area contributed by atoms with Gasteiger partial charge in [-0.05, 0) is 45.7 Å². The van der Waals surface area contributed by atoms with Crippen LogP contribution in [0.5, 0.6) is 0 Å². The number of nitrogens with zero attached hydrogens (tertiary/aromatic N) is 3. The Bertz CT molecular complexity index is 377. The van der Waals surface area contributed by atoms with Gasteiger partial charge in [-0.2, -0.15) is 0 Å². The van der Waals surface area contributed by atoms with Gasteiger partial charge in [-0.3, -0.25) is 9.89 Å². The maximum atomic E-state index is 4.42. The van der Waals surface area contributed by atoms with E-state index in [0.29, 0.717) is 12.1 Å². The van der Waals surface area contributed by atoms with Crippen LogP contribution < -0.4 is 10.6 Å². The van der Waals surface area contributed by atoms with Crippen LogP contribution in [0.25, 0.3) is 0 Å². The third kappa shape index (κ3) is 3.93. The van der Waals surface area contributed by atoms with Crippen molar-refractivity contribution in [1.29, 1.82) is 0 Å². The van der Waals surface area contributed by atoms with E-state index in [1.807, 2.05) is 7.05 Å². The summed E-state index contributed by atoms with van der Waals surface area (Å²) in [6.07, 6.45) is 9.56. The molecule has 1 saturated carbocycles. The highest BCUT2D eigenvalue weighted by molar-refractivity contribution is 5.80. The van der Waals surface area contributed by atoms with Crippen molar-refractivity contribution in [3.8, 4) is 0 Å². The van der Waals surface area contributed by atoms with Gasteiger partial charge in [0.15, 0.2) is 5.96 Å². The molecular formula is C17H33N5. The molecule has 2 saturated heterocycles. The third-order valence-electron chi connectivity index (χ3n) is 5.80. The van der Waals surface area contributed by atoms with Crippen molar-refractivity contribution in [1.82, 2.24) is 20.4 Å². The summed E-state index contributed by atoms with van der Waals surface area (Å²) < 4.78 is 0. The molecule has 22 heavy (non-hydrogen) atoms. The zero-order chi connectivity index (χ0) is 15.4. The topological polar surface area (TPSA) is 42.9 Å². The van der Waals surface area contributed by atoms with E-state index in [1.165, 1.54) is 64.6 Å². The zero-order valence-corrected chi connectivity index (χ0v) is 14.4. The molecule has 5 heteroatoms. The highest BCUT2D eigenvalue weighted by Crippen LogP contribution is 2.26. The third-order valence-corrected chi connectivity index (χ3v) is 5.80. The van der Waals surface area contributed by atoms with E-state index in [4.69, 9.17) is 0 Å². The van der Waals surface area contributed by atoms with Gasteiger partial charge >= 0.3 is 0 Å². The summed E-state index contributed by atoms with van der Waals surface area (Å²) in [5.41, 5.74) is 0. The molecule has 0 amide bonds. The van der Waals surface area contributed by atoms with Crippen molar-refractivity contribution in [2.45, 2.75) is 63.1 Å². The Morgan fingerprint density at radius 2 is 1.91 bits per heavy atom. The molecule has 0 aromatic carbocycles. The van der Waals surface area contributed by atoms with Gasteiger partial charge in [0.25, 0.3) is 0 Å². The van der Waals surface area contributed by atoms with Gasteiger partial charge in [0.2, 0.25) is 0 Å². The van der Waals surface area contributed by atoms with Gasteiger partial charge < -0.3 is 15.5 Å². The highest BCUT2D eigenvalue weighted by Gasteiger charge is 2.30. The van der Waals surface area contributed by atoms with Crippen LogP contribution >= 0.6 is 0 Å². The van der Waals surface area contributed by atoms with Crippen LogP contribution in [0.15, 0.2) is 4.99 Å². The Hall–Kier alpha value is -0.810. The first-order valence-corrected chi connectivity index (χ1v) is 9.17. The van der Waals surface area contributed by atoms with E-state index < -0.39 is 0 Å². The van der Waals surface area contributed by atoms with Crippen LogP contribution in [0.3, 0.4) is 0 Å². The number of hydrogen-bond donors (Lipinski definition) is 2. The largest absolute Gasteiger partial charge is 0.355 e. The molecule has 0 radical (unpaired) electrons. The first kappa shape index (κ1) is 16.1. The van der Waals surface area contributed by atoms with E-state index in [-0.39, 0.29) is 0 Å². The molecule has 3 fully saturated rings. The van der Waals surface area contributed by atoms with Crippen molar-refractivity contribution in [3.63, 3.8) is 0 Å². The fraction of sp³-hybridized carbons (Fsp3) is 0.941. The van der Waals surface area contributed by atoms with Gasteiger partial charge in [0.1, 0.15) is 0 Å². The summed E-state index contributed by atoms with van der Waals surface area (Å²) in [7, 11) is 4.11. The molecule has 1 aliphatic carbocycles. The van der Waals surface area contributed by atoms with Crippen molar-refractivity contribution in [3.05, 3.63) is 0 Å². The Morgan fingerprint density at radius 3 is 2.59 bits per heavy atom. The van der Waals surface area contributed by atoms with Crippen LogP contribution in [0, 0.1) is 0 Å². The molecule has 3 rings (SSSR count). The average Bonchev–Trinajstić information content (AvgIpc) is 3.25. The summed E-state index contributed by atoms with van der Waals surface area (Å²) >= 11 is 0. The molecule has 5 nitrogen and oxygen atoms in total. The number of guanidine groups is 1. The van der Waals surface area contributed by atoms with Crippen molar-refractivity contribution in [2.24, 2.45) is 4.99 Å². The second-order valence-electron chi connectivity index (χ2n) is 7.29. The van der Waals surface area contributed by atoms with E-state index in [0.717, 1.165) is 18.5 Å². The van der Waals surface area contributed by atoms with Gasteiger partial charge in [-0.15, -0.1) is 0 Å². The van der Waals surface area contributed by atoms with E-state index in [1.54, 1.807) is 0 Å². The van der Waals surface area contributed by atoms with Gasteiger partial charge in [0.05, 0.1) is 0 Å².